The van der Waals surface area contributed by atoms with E-state index >= 15 is 0 Å². The van der Waals surface area contributed by atoms with Crippen LogP contribution in [0, 0.1) is 56.7 Å². The van der Waals surface area contributed by atoms with Gasteiger partial charge in [0.1, 0.15) is 0 Å². The maximum atomic E-state index is 14.1. The molecular weight excluding hydrogens is 540 g/mol. The summed E-state index contributed by atoms with van der Waals surface area (Å²) in [5.74, 6) is 2.42. The number of hydrogen-bond donors (Lipinski definition) is 0. The third-order valence-electron chi connectivity index (χ3n) is 14.5. The highest BCUT2D eigenvalue weighted by atomic mass is 35.5. The van der Waals surface area contributed by atoms with Gasteiger partial charge in [0.25, 0.3) is 0 Å². The van der Waals surface area contributed by atoms with Gasteiger partial charge in [-0.1, -0.05) is 70.5 Å². The average molecular weight is 591 g/mol. The number of carbonyl (C=O) groups is 2. The van der Waals surface area contributed by atoms with Crippen LogP contribution in [0.4, 0.5) is 0 Å². The monoisotopic (exact) mass is 590 g/mol. The van der Waals surface area contributed by atoms with Crippen LogP contribution in [0.15, 0.2) is 42.0 Å². The molecule has 0 N–H and O–H groups in total. The molecule has 4 heteroatoms. The second kappa shape index (κ2) is 9.82. The molecule has 228 valence electrons. The Labute approximate surface area is 258 Å². The third-order valence-corrected chi connectivity index (χ3v) is 14.7. The Morgan fingerprint density at radius 2 is 1.62 bits per heavy atom. The largest absolute Gasteiger partial charge is 0.469 e. The van der Waals surface area contributed by atoms with Crippen molar-refractivity contribution in [3.8, 4) is 0 Å². The van der Waals surface area contributed by atoms with E-state index in [9.17, 15) is 9.59 Å². The SMILES string of the molecule is C=C(C)C1CCC2(C(=O)OC)CCC3(C)C(CCC4C5(C)C/C(=C\c6ccc(Cl)cc6)C(=O)C(C)(C)C5CCC43C)C12. The molecule has 9 atom stereocenters. The molecule has 6 rings (SSSR count). The molecule has 42 heavy (non-hydrogen) atoms. The highest BCUT2D eigenvalue weighted by Crippen LogP contribution is 2.77. The van der Waals surface area contributed by atoms with Gasteiger partial charge in [-0.15, -0.1) is 0 Å². The van der Waals surface area contributed by atoms with Crippen molar-refractivity contribution in [2.45, 2.75) is 99.3 Å². The van der Waals surface area contributed by atoms with E-state index in [1.807, 2.05) is 24.3 Å². The van der Waals surface area contributed by atoms with Crippen molar-refractivity contribution in [2.75, 3.05) is 7.11 Å². The summed E-state index contributed by atoms with van der Waals surface area (Å²) in [6.07, 6.45) is 11.5. The Bertz CT molecular complexity index is 1340. The number of methoxy groups -OCH3 is 1. The number of Topliss-reactive ketones (excluding diaryl/α,β-unsaturated/α-hetero) is 1. The van der Waals surface area contributed by atoms with E-state index in [-0.39, 0.29) is 27.6 Å². The Hall–Kier alpha value is -1.87. The predicted octanol–water partition coefficient (Wildman–Crippen LogP) is 9.73. The number of benzene rings is 1. The van der Waals surface area contributed by atoms with Crippen molar-refractivity contribution in [1.82, 2.24) is 0 Å². The number of hydrogen-bond acceptors (Lipinski definition) is 3. The molecule has 1 aromatic carbocycles. The summed E-state index contributed by atoms with van der Waals surface area (Å²) in [5, 5.41) is 0.715. The van der Waals surface area contributed by atoms with Crippen molar-refractivity contribution in [3.63, 3.8) is 0 Å². The van der Waals surface area contributed by atoms with Crippen LogP contribution in [0.5, 0.6) is 0 Å². The van der Waals surface area contributed by atoms with Crippen LogP contribution < -0.4 is 0 Å². The van der Waals surface area contributed by atoms with E-state index < -0.39 is 5.41 Å². The van der Waals surface area contributed by atoms with Crippen LogP contribution in [0.25, 0.3) is 6.08 Å². The van der Waals surface area contributed by atoms with Gasteiger partial charge in [0.05, 0.1) is 12.5 Å². The lowest BCUT2D eigenvalue weighted by Crippen LogP contribution is -2.67. The third kappa shape index (κ3) is 3.90. The minimum absolute atomic E-state index is 0.0192. The zero-order chi connectivity index (χ0) is 30.5. The lowest BCUT2D eigenvalue weighted by atomic mass is 9.32. The fourth-order valence-corrected chi connectivity index (χ4v) is 12.6. The van der Waals surface area contributed by atoms with Gasteiger partial charge in [-0.2, -0.15) is 0 Å². The summed E-state index contributed by atoms with van der Waals surface area (Å²) in [4.78, 5) is 27.6. The normalized spacial score (nSPS) is 44.9. The topological polar surface area (TPSA) is 43.4 Å². The molecule has 0 heterocycles. The number of carbonyl (C=O) groups excluding carboxylic acids is 2. The minimum Gasteiger partial charge on any atom is -0.469 e. The van der Waals surface area contributed by atoms with Gasteiger partial charge >= 0.3 is 5.97 Å². The summed E-state index contributed by atoms with van der Waals surface area (Å²) < 4.78 is 5.54. The van der Waals surface area contributed by atoms with Gasteiger partial charge < -0.3 is 4.74 Å². The summed E-state index contributed by atoms with van der Waals surface area (Å²) >= 11 is 6.18. The average Bonchev–Trinajstić information content (AvgIpc) is 3.34. The maximum absolute atomic E-state index is 14.1. The highest BCUT2D eigenvalue weighted by Gasteiger charge is 2.72. The predicted molar refractivity (Wildman–Crippen MR) is 171 cm³/mol. The van der Waals surface area contributed by atoms with Crippen molar-refractivity contribution >= 4 is 29.4 Å². The molecule has 5 aliphatic rings. The Morgan fingerprint density at radius 1 is 0.929 bits per heavy atom. The van der Waals surface area contributed by atoms with Crippen LogP contribution in [0.1, 0.15) is 105 Å². The number of fused-ring (bicyclic) bond motifs is 7. The number of rotatable bonds is 3. The van der Waals surface area contributed by atoms with Crippen LogP contribution in [-0.4, -0.2) is 18.9 Å². The van der Waals surface area contributed by atoms with E-state index in [1.165, 1.54) is 12.0 Å². The van der Waals surface area contributed by atoms with E-state index in [1.54, 1.807) is 7.11 Å². The fourth-order valence-electron chi connectivity index (χ4n) is 12.4. The molecule has 0 amide bonds. The molecular formula is C38H51ClO3. The van der Waals surface area contributed by atoms with Crippen LogP contribution >= 0.6 is 11.6 Å². The molecule has 0 bridgehead atoms. The molecule has 0 saturated heterocycles. The minimum atomic E-state index is -0.395. The van der Waals surface area contributed by atoms with Crippen molar-refractivity contribution in [1.29, 1.82) is 0 Å². The molecule has 0 spiro atoms. The first kappa shape index (κ1) is 30.2. The second-order valence-corrected chi connectivity index (χ2v) is 16.7. The Balaban J connectivity index is 1.41. The second-order valence-electron chi connectivity index (χ2n) is 16.3. The van der Waals surface area contributed by atoms with Gasteiger partial charge in [0.2, 0.25) is 0 Å². The standard InChI is InChI=1S/C38H51ClO3/c1-23(2)27-15-18-38(33(41)42-8)20-19-36(6)28(31(27)38)13-14-30-35(5)22-25(21-24-9-11-26(39)12-10-24)32(40)34(3,4)29(35)16-17-37(30,36)7/h9-12,21,27-31H,1,13-20,22H2,2-8H3/b25-21+. The number of ether oxygens (including phenoxy) is 1. The number of ketones is 1. The highest BCUT2D eigenvalue weighted by molar-refractivity contribution is 6.30. The van der Waals surface area contributed by atoms with Gasteiger partial charge in [0, 0.05) is 10.4 Å². The first-order chi connectivity index (χ1) is 19.7. The van der Waals surface area contributed by atoms with Crippen molar-refractivity contribution in [2.24, 2.45) is 56.7 Å². The van der Waals surface area contributed by atoms with Crippen molar-refractivity contribution < 1.29 is 14.3 Å². The molecule has 3 nitrogen and oxygen atoms in total. The molecule has 5 saturated carbocycles. The number of allylic oxidation sites excluding steroid dienone is 2. The molecule has 9 unspecified atom stereocenters. The lowest BCUT2D eigenvalue weighted by Gasteiger charge is -2.72. The lowest BCUT2D eigenvalue weighted by molar-refractivity contribution is -0.232. The molecule has 0 aliphatic heterocycles. The molecule has 0 aromatic heterocycles. The summed E-state index contributed by atoms with van der Waals surface area (Å²) in [6.45, 7) is 18.8. The van der Waals surface area contributed by atoms with Crippen LogP contribution in [0.3, 0.4) is 0 Å². The smallest absolute Gasteiger partial charge is 0.312 e. The Morgan fingerprint density at radius 3 is 2.26 bits per heavy atom. The molecule has 1 aromatic rings. The Kier molecular flexibility index (Phi) is 7.05. The first-order valence-corrected chi connectivity index (χ1v) is 16.8. The fraction of sp³-hybridized carbons (Fsp3) is 0.684. The van der Waals surface area contributed by atoms with Gasteiger partial charge in [-0.05, 0) is 140 Å². The van der Waals surface area contributed by atoms with Gasteiger partial charge in [0.15, 0.2) is 5.78 Å². The van der Waals surface area contributed by atoms with E-state index in [4.69, 9.17) is 16.3 Å². The summed E-state index contributed by atoms with van der Waals surface area (Å²) in [5.41, 5.74) is 2.83. The number of esters is 1. The summed E-state index contributed by atoms with van der Waals surface area (Å²) in [6, 6.07) is 7.87. The molecule has 0 radical (unpaired) electrons. The van der Waals surface area contributed by atoms with E-state index in [0.717, 1.165) is 62.5 Å². The van der Waals surface area contributed by atoms with Gasteiger partial charge in [-0.25, -0.2) is 0 Å². The quantitative estimate of drug-likeness (QED) is 0.200. The zero-order valence-electron chi connectivity index (χ0n) is 26.9. The van der Waals surface area contributed by atoms with Crippen molar-refractivity contribution in [3.05, 3.63) is 52.6 Å². The van der Waals surface area contributed by atoms with E-state index in [2.05, 4.69) is 54.2 Å². The first-order valence-electron chi connectivity index (χ1n) is 16.4. The molecule has 5 aliphatic carbocycles. The van der Waals surface area contributed by atoms with E-state index in [0.29, 0.717) is 40.4 Å². The summed E-state index contributed by atoms with van der Waals surface area (Å²) in [7, 11) is 1.58. The van der Waals surface area contributed by atoms with Crippen LogP contribution in [0.2, 0.25) is 5.02 Å². The zero-order valence-corrected chi connectivity index (χ0v) is 27.7. The van der Waals surface area contributed by atoms with Crippen LogP contribution in [-0.2, 0) is 14.3 Å². The maximum Gasteiger partial charge on any atom is 0.312 e. The van der Waals surface area contributed by atoms with Gasteiger partial charge in [-0.3, -0.25) is 9.59 Å². The number of halogens is 1. The molecule has 5 fully saturated rings.